The Bertz CT molecular complexity index is 471. The average molecular weight is 292 g/mol. The molecule has 0 bridgehead atoms. The van der Waals surface area contributed by atoms with E-state index < -0.39 is 0 Å². The van der Waals surface area contributed by atoms with Gasteiger partial charge in [0.2, 0.25) is 0 Å². The third kappa shape index (κ3) is 5.83. The van der Waals surface area contributed by atoms with Crippen LogP contribution in [-0.4, -0.2) is 45.7 Å². The molecule has 6 nitrogen and oxygen atoms in total. The summed E-state index contributed by atoms with van der Waals surface area (Å²) in [5.74, 6) is 0.635. The van der Waals surface area contributed by atoms with Crippen molar-refractivity contribution in [1.82, 2.24) is 16.0 Å². The number of hydrogen-bond acceptors (Lipinski definition) is 3. The summed E-state index contributed by atoms with van der Waals surface area (Å²) in [6.45, 7) is 3.27. The topological polar surface area (TPSA) is 74.8 Å². The van der Waals surface area contributed by atoms with E-state index >= 15 is 0 Å². The highest BCUT2D eigenvalue weighted by Gasteiger charge is 2.05. The molecule has 0 heterocycles. The molecular formula is C15H24N4O2. The van der Waals surface area contributed by atoms with Crippen molar-refractivity contribution in [2.45, 2.75) is 19.5 Å². The summed E-state index contributed by atoms with van der Waals surface area (Å²) >= 11 is 0. The van der Waals surface area contributed by atoms with Gasteiger partial charge in [-0.25, -0.2) is 0 Å². The van der Waals surface area contributed by atoms with Gasteiger partial charge in [-0.15, -0.1) is 0 Å². The summed E-state index contributed by atoms with van der Waals surface area (Å²) in [4.78, 5) is 15.6. The fourth-order valence-corrected chi connectivity index (χ4v) is 1.82. The lowest BCUT2D eigenvalue weighted by Crippen LogP contribution is -2.43. The van der Waals surface area contributed by atoms with Crippen LogP contribution in [0.1, 0.15) is 22.8 Å². The van der Waals surface area contributed by atoms with Crippen molar-refractivity contribution in [2.75, 3.05) is 27.8 Å². The maximum absolute atomic E-state index is 11.5. The maximum atomic E-state index is 11.5. The molecule has 1 aromatic carbocycles. The summed E-state index contributed by atoms with van der Waals surface area (Å²) in [6, 6.07) is 7.63. The van der Waals surface area contributed by atoms with Gasteiger partial charge in [0.1, 0.15) is 0 Å². The van der Waals surface area contributed by atoms with Crippen LogP contribution in [0.5, 0.6) is 0 Å². The smallest absolute Gasteiger partial charge is 0.251 e. The van der Waals surface area contributed by atoms with Crippen LogP contribution in [0.2, 0.25) is 0 Å². The van der Waals surface area contributed by atoms with Crippen LogP contribution in [0, 0.1) is 0 Å². The predicted molar refractivity (Wildman–Crippen MR) is 84.5 cm³/mol. The Kier molecular flexibility index (Phi) is 7.25. The van der Waals surface area contributed by atoms with Gasteiger partial charge in [0.25, 0.3) is 5.91 Å². The quantitative estimate of drug-likeness (QED) is 0.534. The molecule has 1 rings (SSSR count). The fraction of sp³-hybridized carbons (Fsp3) is 0.467. The Morgan fingerprint density at radius 1 is 1.33 bits per heavy atom. The molecule has 1 aromatic rings. The van der Waals surface area contributed by atoms with Crippen molar-refractivity contribution in [1.29, 1.82) is 0 Å². The van der Waals surface area contributed by atoms with Gasteiger partial charge in [0, 0.05) is 39.4 Å². The largest absolute Gasteiger partial charge is 0.383 e. The molecular weight excluding hydrogens is 268 g/mol. The van der Waals surface area contributed by atoms with Crippen molar-refractivity contribution in [2.24, 2.45) is 4.99 Å². The molecule has 0 fully saturated rings. The van der Waals surface area contributed by atoms with Crippen molar-refractivity contribution in [3.63, 3.8) is 0 Å². The third-order valence-corrected chi connectivity index (χ3v) is 2.93. The van der Waals surface area contributed by atoms with Gasteiger partial charge in [-0.1, -0.05) is 12.1 Å². The van der Waals surface area contributed by atoms with Crippen LogP contribution in [0.3, 0.4) is 0 Å². The van der Waals surface area contributed by atoms with Gasteiger partial charge in [-0.2, -0.15) is 0 Å². The average Bonchev–Trinajstić information content (AvgIpc) is 2.51. The molecule has 0 radical (unpaired) electrons. The summed E-state index contributed by atoms with van der Waals surface area (Å²) in [5, 5.41) is 9.04. The predicted octanol–water partition coefficient (Wildman–Crippen LogP) is 0.746. The van der Waals surface area contributed by atoms with E-state index in [2.05, 4.69) is 20.9 Å². The minimum atomic E-state index is -0.0830. The lowest BCUT2D eigenvalue weighted by atomic mass is 10.1. The van der Waals surface area contributed by atoms with E-state index in [-0.39, 0.29) is 11.9 Å². The van der Waals surface area contributed by atoms with Crippen LogP contribution < -0.4 is 16.0 Å². The first-order valence-electron chi connectivity index (χ1n) is 6.87. The van der Waals surface area contributed by atoms with Gasteiger partial charge >= 0.3 is 0 Å². The minimum Gasteiger partial charge on any atom is -0.383 e. The number of methoxy groups -OCH3 is 1. The summed E-state index contributed by atoms with van der Waals surface area (Å²) in [5.41, 5.74) is 1.72. The highest BCUT2D eigenvalue weighted by atomic mass is 16.5. The van der Waals surface area contributed by atoms with E-state index in [4.69, 9.17) is 4.74 Å². The Hall–Kier alpha value is -2.08. The van der Waals surface area contributed by atoms with Crippen LogP contribution in [0.4, 0.5) is 0 Å². The minimum absolute atomic E-state index is 0.0830. The fourth-order valence-electron chi connectivity index (χ4n) is 1.82. The molecule has 0 aliphatic rings. The maximum Gasteiger partial charge on any atom is 0.251 e. The number of ether oxygens (including phenoxy) is 1. The first kappa shape index (κ1) is 17.0. The van der Waals surface area contributed by atoms with Crippen LogP contribution in [0.15, 0.2) is 29.3 Å². The van der Waals surface area contributed by atoms with Crippen molar-refractivity contribution in [3.8, 4) is 0 Å². The Morgan fingerprint density at radius 2 is 2.00 bits per heavy atom. The molecule has 1 atom stereocenters. The monoisotopic (exact) mass is 292 g/mol. The van der Waals surface area contributed by atoms with Crippen molar-refractivity contribution >= 4 is 11.9 Å². The summed E-state index contributed by atoms with van der Waals surface area (Å²) < 4.78 is 5.07. The van der Waals surface area contributed by atoms with Crippen molar-refractivity contribution in [3.05, 3.63) is 35.4 Å². The van der Waals surface area contributed by atoms with Crippen LogP contribution >= 0.6 is 0 Å². The molecule has 0 spiro atoms. The number of carbonyl (C=O) groups is 1. The number of nitrogens with one attached hydrogen (secondary N) is 3. The molecule has 1 amide bonds. The molecule has 6 heteroatoms. The molecule has 3 N–H and O–H groups in total. The number of benzene rings is 1. The summed E-state index contributed by atoms with van der Waals surface area (Å²) in [7, 11) is 5.01. The van der Waals surface area contributed by atoms with E-state index in [1.165, 1.54) is 0 Å². The molecule has 0 saturated heterocycles. The molecule has 0 aromatic heterocycles. The second-order valence-corrected chi connectivity index (χ2v) is 4.70. The lowest BCUT2D eigenvalue weighted by Gasteiger charge is -2.17. The number of hydrogen-bond donors (Lipinski definition) is 3. The van der Waals surface area contributed by atoms with E-state index in [9.17, 15) is 4.79 Å². The first-order chi connectivity index (χ1) is 10.1. The van der Waals surface area contributed by atoms with Crippen molar-refractivity contribution < 1.29 is 9.53 Å². The van der Waals surface area contributed by atoms with Gasteiger partial charge in [-0.3, -0.25) is 9.79 Å². The van der Waals surface area contributed by atoms with Gasteiger partial charge in [0.05, 0.1) is 6.61 Å². The van der Waals surface area contributed by atoms with Gasteiger partial charge < -0.3 is 20.7 Å². The normalized spacial score (nSPS) is 12.7. The van der Waals surface area contributed by atoms with Gasteiger partial charge in [-0.05, 0) is 24.6 Å². The number of nitrogens with zero attached hydrogens (tertiary/aromatic N) is 1. The third-order valence-electron chi connectivity index (χ3n) is 2.93. The SMILES string of the molecule is CN=C(NCc1ccc(C(=O)NC)cc1)NC(C)COC. The second kappa shape index (κ2) is 8.97. The molecule has 0 saturated carbocycles. The van der Waals surface area contributed by atoms with Gasteiger partial charge in [0.15, 0.2) is 5.96 Å². The standard InChI is InChI=1S/C15H24N4O2/c1-11(10-21-4)19-15(17-3)18-9-12-5-7-13(8-6-12)14(20)16-2/h5-8,11H,9-10H2,1-4H3,(H,16,20)(H2,17,18,19). The Balaban J connectivity index is 2.51. The Morgan fingerprint density at radius 3 is 2.52 bits per heavy atom. The molecule has 0 aliphatic carbocycles. The highest BCUT2D eigenvalue weighted by Crippen LogP contribution is 2.04. The number of guanidine groups is 1. The molecule has 21 heavy (non-hydrogen) atoms. The van der Waals surface area contributed by atoms with E-state index in [0.29, 0.717) is 18.7 Å². The zero-order valence-electron chi connectivity index (χ0n) is 13.1. The molecule has 1 unspecified atom stereocenters. The molecule has 116 valence electrons. The van der Waals surface area contributed by atoms with E-state index in [1.54, 1.807) is 33.3 Å². The zero-order valence-corrected chi connectivity index (χ0v) is 13.1. The van der Waals surface area contributed by atoms with Crippen LogP contribution in [-0.2, 0) is 11.3 Å². The highest BCUT2D eigenvalue weighted by molar-refractivity contribution is 5.93. The van der Waals surface area contributed by atoms with E-state index in [0.717, 1.165) is 11.5 Å². The number of carbonyl (C=O) groups excluding carboxylic acids is 1. The lowest BCUT2D eigenvalue weighted by molar-refractivity contribution is 0.0963. The van der Waals surface area contributed by atoms with E-state index in [1.807, 2.05) is 19.1 Å². The molecule has 0 aliphatic heterocycles. The number of aliphatic imine (C=N–C) groups is 1. The summed E-state index contributed by atoms with van der Waals surface area (Å²) in [6.07, 6.45) is 0. The Labute approximate surface area is 126 Å². The van der Waals surface area contributed by atoms with Crippen LogP contribution in [0.25, 0.3) is 0 Å². The number of rotatable bonds is 6. The zero-order chi connectivity index (χ0) is 15.7. The number of amides is 1. The first-order valence-corrected chi connectivity index (χ1v) is 6.87. The second-order valence-electron chi connectivity index (χ2n) is 4.70.